The summed E-state index contributed by atoms with van der Waals surface area (Å²) in [6, 6.07) is 28.9. The second-order valence-electron chi connectivity index (χ2n) is 7.70. The monoisotopic (exact) mass is 417 g/mol. The van der Waals surface area contributed by atoms with Crippen molar-refractivity contribution < 1.29 is 14.3 Å². The molecule has 0 amide bonds. The molecule has 0 heterocycles. The predicted octanol–water partition coefficient (Wildman–Crippen LogP) is 4.98. The number of methoxy groups -OCH3 is 1. The Labute approximate surface area is 185 Å². The van der Waals surface area contributed by atoms with Gasteiger partial charge in [0, 0.05) is 12.5 Å². The molecule has 0 fully saturated rings. The van der Waals surface area contributed by atoms with Gasteiger partial charge < -0.3 is 14.8 Å². The topological polar surface area (TPSA) is 47.6 Å². The zero-order valence-electron chi connectivity index (χ0n) is 18.3. The molecule has 0 saturated heterocycles. The third-order valence-electron chi connectivity index (χ3n) is 5.29. The number of esters is 1. The number of carbonyl (C=O) groups is 1. The third kappa shape index (κ3) is 7.26. The Bertz CT molecular complexity index is 888. The van der Waals surface area contributed by atoms with E-state index in [2.05, 4.69) is 72.9 Å². The van der Waals surface area contributed by atoms with Crippen LogP contribution in [-0.2, 0) is 16.0 Å². The summed E-state index contributed by atoms with van der Waals surface area (Å²) in [4.78, 5) is 11.5. The molecular formula is C27H31NO3. The van der Waals surface area contributed by atoms with E-state index in [9.17, 15) is 4.79 Å². The molecule has 0 aliphatic heterocycles. The van der Waals surface area contributed by atoms with Crippen LogP contribution in [0.1, 0.15) is 36.0 Å². The van der Waals surface area contributed by atoms with Gasteiger partial charge in [0.2, 0.25) is 0 Å². The molecule has 3 aromatic rings. The molecule has 4 nitrogen and oxygen atoms in total. The molecule has 4 heteroatoms. The summed E-state index contributed by atoms with van der Waals surface area (Å²) in [5.74, 6) is 0.842. The van der Waals surface area contributed by atoms with Crippen LogP contribution in [0.2, 0.25) is 0 Å². The molecule has 0 radical (unpaired) electrons. The van der Waals surface area contributed by atoms with Crippen LogP contribution in [0.3, 0.4) is 0 Å². The van der Waals surface area contributed by atoms with E-state index in [0.29, 0.717) is 5.92 Å². The van der Waals surface area contributed by atoms with E-state index in [1.165, 1.54) is 18.2 Å². The highest BCUT2D eigenvalue weighted by atomic mass is 16.5. The fourth-order valence-electron chi connectivity index (χ4n) is 3.61. The predicted molar refractivity (Wildman–Crippen MR) is 124 cm³/mol. The smallest absolute Gasteiger partial charge is 0.309 e. The quantitative estimate of drug-likeness (QED) is 0.353. The highest BCUT2D eigenvalue weighted by molar-refractivity contribution is 5.72. The minimum Gasteiger partial charge on any atom is -0.491 e. The maximum absolute atomic E-state index is 11.5. The van der Waals surface area contributed by atoms with E-state index in [1.807, 2.05) is 24.3 Å². The average Bonchev–Trinajstić information content (AvgIpc) is 2.80. The summed E-state index contributed by atoms with van der Waals surface area (Å²) >= 11 is 0. The lowest BCUT2D eigenvalue weighted by molar-refractivity contribution is -0.139. The summed E-state index contributed by atoms with van der Waals surface area (Å²) in [6.45, 7) is 3.80. The van der Waals surface area contributed by atoms with Gasteiger partial charge in [-0.3, -0.25) is 4.79 Å². The SMILES string of the molecule is COC(=O)Cc1cccc(O[C@H](C)CCNCC(c2ccccc2)c2ccccc2)c1. The van der Waals surface area contributed by atoms with Gasteiger partial charge in [-0.25, -0.2) is 0 Å². The van der Waals surface area contributed by atoms with Gasteiger partial charge in [0.1, 0.15) is 5.75 Å². The first kappa shape index (κ1) is 22.6. The Kier molecular flexibility index (Phi) is 8.68. The van der Waals surface area contributed by atoms with Crippen LogP contribution >= 0.6 is 0 Å². The molecule has 0 aliphatic carbocycles. The number of hydrogen-bond donors (Lipinski definition) is 1. The fourth-order valence-corrected chi connectivity index (χ4v) is 3.61. The van der Waals surface area contributed by atoms with Crippen LogP contribution in [0.25, 0.3) is 0 Å². The van der Waals surface area contributed by atoms with Gasteiger partial charge >= 0.3 is 5.97 Å². The Balaban J connectivity index is 1.50. The van der Waals surface area contributed by atoms with Gasteiger partial charge in [0.25, 0.3) is 0 Å². The van der Waals surface area contributed by atoms with Crippen molar-refractivity contribution in [3.63, 3.8) is 0 Å². The van der Waals surface area contributed by atoms with Gasteiger partial charge in [-0.2, -0.15) is 0 Å². The summed E-state index contributed by atoms with van der Waals surface area (Å²) in [5.41, 5.74) is 3.52. The molecule has 0 saturated carbocycles. The maximum atomic E-state index is 11.5. The lowest BCUT2D eigenvalue weighted by Gasteiger charge is -2.20. The molecule has 1 N–H and O–H groups in total. The average molecular weight is 418 g/mol. The van der Waals surface area contributed by atoms with Gasteiger partial charge in [-0.05, 0) is 48.7 Å². The van der Waals surface area contributed by atoms with E-state index in [0.717, 1.165) is 30.8 Å². The number of hydrogen-bond acceptors (Lipinski definition) is 4. The minimum atomic E-state index is -0.249. The van der Waals surface area contributed by atoms with Crippen molar-refractivity contribution in [1.29, 1.82) is 0 Å². The summed E-state index contributed by atoms with van der Waals surface area (Å²) in [7, 11) is 1.40. The van der Waals surface area contributed by atoms with Crippen LogP contribution < -0.4 is 10.1 Å². The zero-order valence-corrected chi connectivity index (χ0v) is 18.3. The van der Waals surface area contributed by atoms with Crippen molar-refractivity contribution in [3.05, 3.63) is 102 Å². The molecule has 0 aromatic heterocycles. The second kappa shape index (κ2) is 11.9. The van der Waals surface area contributed by atoms with Crippen molar-refractivity contribution in [2.75, 3.05) is 20.2 Å². The van der Waals surface area contributed by atoms with Crippen LogP contribution in [0.15, 0.2) is 84.9 Å². The summed E-state index contributed by atoms with van der Waals surface area (Å²) in [6.07, 6.45) is 1.20. The van der Waals surface area contributed by atoms with E-state index < -0.39 is 0 Å². The first-order valence-corrected chi connectivity index (χ1v) is 10.8. The van der Waals surface area contributed by atoms with Gasteiger partial charge in [0.15, 0.2) is 0 Å². The van der Waals surface area contributed by atoms with Crippen LogP contribution in [0, 0.1) is 0 Å². The van der Waals surface area contributed by atoms with E-state index in [4.69, 9.17) is 9.47 Å². The molecule has 1 atom stereocenters. The number of ether oxygens (including phenoxy) is 2. The van der Waals surface area contributed by atoms with Crippen molar-refractivity contribution in [1.82, 2.24) is 5.32 Å². The number of benzene rings is 3. The fraction of sp³-hybridized carbons (Fsp3) is 0.296. The molecule has 0 aliphatic rings. The molecule has 0 bridgehead atoms. The second-order valence-corrected chi connectivity index (χ2v) is 7.70. The normalized spacial score (nSPS) is 11.8. The van der Waals surface area contributed by atoms with Gasteiger partial charge in [-0.1, -0.05) is 72.8 Å². The van der Waals surface area contributed by atoms with E-state index in [-0.39, 0.29) is 18.5 Å². The first-order valence-electron chi connectivity index (χ1n) is 10.8. The Morgan fingerprint density at radius 1 is 0.903 bits per heavy atom. The Hall–Kier alpha value is -3.11. The number of rotatable bonds is 11. The van der Waals surface area contributed by atoms with E-state index >= 15 is 0 Å². The van der Waals surface area contributed by atoms with Crippen LogP contribution in [0.4, 0.5) is 0 Å². The van der Waals surface area contributed by atoms with Crippen molar-refractivity contribution in [2.45, 2.75) is 31.8 Å². The number of carbonyl (C=O) groups excluding carboxylic acids is 1. The first-order chi connectivity index (χ1) is 15.2. The standard InChI is InChI=1S/C27H31NO3/c1-21(31-25-15-9-10-22(18-25)19-27(29)30-2)16-17-28-20-26(23-11-5-3-6-12-23)24-13-7-4-8-14-24/h3-15,18,21,26,28H,16-17,19-20H2,1-2H3/t21-/m1/s1. The maximum Gasteiger partial charge on any atom is 0.309 e. The van der Waals surface area contributed by atoms with Gasteiger partial charge in [-0.15, -0.1) is 0 Å². The summed E-state index contributed by atoms with van der Waals surface area (Å²) in [5, 5.41) is 3.60. The van der Waals surface area contributed by atoms with Crippen LogP contribution in [-0.4, -0.2) is 32.3 Å². The van der Waals surface area contributed by atoms with Crippen molar-refractivity contribution in [3.8, 4) is 5.75 Å². The molecule has 3 rings (SSSR count). The molecular weight excluding hydrogens is 386 g/mol. The van der Waals surface area contributed by atoms with E-state index in [1.54, 1.807) is 0 Å². The Morgan fingerprint density at radius 2 is 1.55 bits per heavy atom. The molecule has 0 unspecified atom stereocenters. The van der Waals surface area contributed by atoms with Crippen molar-refractivity contribution >= 4 is 5.97 Å². The van der Waals surface area contributed by atoms with Crippen molar-refractivity contribution in [2.24, 2.45) is 0 Å². The summed E-state index contributed by atoms with van der Waals surface area (Å²) < 4.78 is 10.8. The molecule has 31 heavy (non-hydrogen) atoms. The molecule has 0 spiro atoms. The minimum absolute atomic E-state index is 0.0628. The van der Waals surface area contributed by atoms with Crippen LogP contribution in [0.5, 0.6) is 5.75 Å². The number of nitrogens with one attached hydrogen (secondary N) is 1. The zero-order chi connectivity index (χ0) is 21.9. The molecule has 3 aromatic carbocycles. The Morgan fingerprint density at radius 3 is 2.16 bits per heavy atom. The third-order valence-corrected chi connectivity index (χ3v) is 5.29. The lowest BCUT2D eigenvalue weighted by Crippen LogP contribution is -2.27. The highest BCUT2D eigenvalue weighted by Crippen LogP contribution is 2.23. The molecule has 162 valence electrons. The van der Waals surface area contributed by atoms with Gasteiger partial charge in [0.05, 0.1) is 19.6 Å². The lowest BCUT2D eigenvalue weighted by atomic mass is 9.91. The largest absolute Gasteiger partial charge is 0.491 e. The highest BCUT2D eigenvalue weighted by Gasteiger charge is 2.14.